The molecule has 0 heterocycles. The van der Waals surface area contributed by atoms with Gasteiger partial charge < -0.3 is 5.32 Å². The zero-order valence-corrected chi connectivity index (χ0v) is 11.8. The molecule has 0 aliphatic rings. The Morgan fingerprint density at radius 2 is 1.81 bits per heavy atom. The van der Waals surface area contributed by atoms with Crippen LogP contribution in [0.5, 0.6) is 0 Å². The van der Waals surface area contributed by atoms with Gasteiger partial charge >= 0.3 is 0 Å². The van der Waals surface area contributed by atoms with Crippen LogP contribution in [0.1, 0.15) is 30.0 Å². The number of halogens is 1. The fourth-order valence-corrected chi connectivity index (χ4v) is 1.88. The van der Waals surface area contributed by atoms with E-state index in [4.69, 9.17) is 0 Å². The lowest BCUT2D eigenvalue weighted by molar-refractivity contribution is -0.115. The summed E-state index contributed by atoms with van der Waals surface area (Å²) in [6.45, 7) is 8.08. The molecular weight excluding hydrogens is 266 g/mol. The Kier molecular flexibility index (Phi) is 4.54. The van der Waals surface area contributed by atoms with Crippen molar-refractivity contribution in [2.45, 2.75) is 38.9 Å². The Bertz CT molecular complexity index is 378. The van der Waals surface area contributed by atoms with E-state index in [2.05, 4.69) is 40.3 Å². The van der Waals surface area contributed by atoms with Crippen LogP contribution in [0, 0.1) is 20.8 Å². The smallest absolute Gasteiger partial charge is 0.238 e. The highest BCUT2D eigenvalue weighted by atomic mass is 79.9. The first kappa shape index (κ1) is 13.2. The summed E-state index contributed by atoms with van der Waals surface area (Å²) in [6.07, 6.45) is 0.787. The lowest BCUT2D eigenvalue weighted by Gasteiger charge is -2.14. The van der Waals surface area contributed by atoms with E-state index in [-0.39, 0.29) is 10.7 Å². The average molecular weight is 284 g/mol. The fourth-order valence-electron chi connectivity index (χ4n) is 1.76. The zero-order chi connectivity index (χ0) is 12.3. The molecule has 3 heteroatoms. The molecule has 0 saturated heterocycles. The van der Waals surface area contributed by atoms with E-state index in [1.807, 2.05) is 20.8 Å². The van der Waals surface area contributed by atoms with Gasteiger partial charge in [0.15, 0.2) is 0 Å². The monoisotopic (exact) mass is 283 g/mol. The predicted octanol–water partition coefficient (Wildman–Crippen LogP) is 3.72. The fraction of sp³-hybridized carbons (Fsp3) is 0.462. The Labute approximate surface area is 106 Å². The van der Waals surface area contributed by atoms with E-state index >= 15 is 0 Å². The van der Waals surface area contributed by atoms with Gasteiger partial charge in [-0.05, 0) is 38.3 Å². The number of amides is 1. The van der Waals surface area contributed by atoms with Gasteiger partial charge in [0, 0.05) is 5.69 Å². The normalized spacial score (nSPS) is 12.3. The maximum Gasteiger partial charge on any atom is 0.238 e. The van der Waals surface area contributed by atoms with Crippen LogP contribution in [0.15, 0.2) is 12.1 Å². The van der Waals surface area contributed by atoms with E-state index in [1.165, 1.54) is 5.56 Å². The van der Waals surface area contributed by atoms with Crippen LogP contribution in [0.3, 0.4) is 0 Å². The summed E-state index contributed by atoms with van der Waals surface area (Å²) in [5, 5.41) is 2.97. The van der Waals surface area contributed by atoms with Crippen molar-refractivity contribution in [3.63, 3.8) is 0 Å². The third-order valence-electron chi connectivity index (χ3n) is 2.57. The van der Waals surface area contributed by atoms with Crippen LogP contribution in [0.25, 0.3) is 0 Å². The number of nitrogens with one attached hydrogen (secondary N) is 1. The van der Waals surface area contributed by atoms with Gasteiger partial charge in [0.2, 0.25) is 5.91 Å². The SMILES string of the molecule is CCC(Br)C(=O)Nc1c(C)cc(C)cc1C. The number of aryl methyl sites for hydroxylation is 3. The molecule has 1 aromatic carbocycles. The quantitative estimate of drug-likeness (QED) is 0.842. The largest absolute Gasteiger partial charge is 0.325 e. The maximum atomic E-state index is 11.8. The van der Waals surface area contributed by atoms with E-state index in [9.17, 15) is 4.79 Å². The standard InChI is InChI=1S/C13H18BrNO/c1-5-11(14)13(16)15-12-9(3)6-8(2)7-10(12)4/h6-7,11H,5H2,1-4H3,(H,15,16). The summed E-state index contributed by atoms with van der Waals surface area (Å²) < 4.78 is 0. The minimum atomic E-state index is -0.118. The van der Waals surface area contributed by atoms with Gasteiger partial charge in [-0.2, -0.15) is 0 Å². The topological polar surface area (TPSA) is 29.1 Å². The Morgan fingerprint density at radius 3 is 2.25 bits per heavy atom. The highest BCUT2D eigenvalue weighted by Crippen LogP contribution is 2.22. The molecule has 0 aliphatic heterocycles. The van der Waals surface area contributed by atoms with Crippen LogP contribution in [0.4, 0.5) is 5.69 Å². The van der Waals surface area contributed by atoms with Gasteiger partial charge in [-0.15, -0.1) is 0 Å². The van der Waals surface area contributed by atoms with Crippen molar-refractivity contribution in [1.29, 1.82) is 0 Å². The first-order chi connectivity index (χ1) is 7.45. The molecule has 2 nitrogen and oxygen atoms in total. The first-order valence-corrected chi connectivity index (χ1v) is 6.40. The summed E-state index contributed by atoms with van der Waals surface area (Å²) in [5.41, 5.74) is 4.38. The molecule has 1 N–H and O–H groups in total. The summed E-state index contributed by atoms with van der Waals surface area (Å²) >= 11 is 3.35. The van der Waals surface area contributed by atoms with Gasteiger partial charge in [-0.25, -0.2) is 0 Å². The molecule has 0 fully saturated rings. The lowest BCUT2D eigenvalue weighted by Crippen LogP contribution is -2.23. The number of benzene rings is 1. The van der Waals surface area contributed by atoms with E-state index < -0.39 is 0 Å². The van der Waals surface area contributed by atoms with Crippen LogP contribution >= 0.6 is 15.9 Å². The Balaban J connectivity index is 2.93. The summed E-state index contributed by atoms with van der Waals surface area (Å²) in [6, 6.07) is 4.16. The molecule has 0 aromatic heterocycles. The van der Waals surface area contributed by atoms with Crippen molar-refractivity contribution in [2.75, 3.05) is 5.32 Å². The molecule has 0 spiro atoms. The van der Waals surface area contributed by atoms with Crippen molar-refractivity contribution < 1.29 is 4.79 Å². The zero-order valence-electron chi connectivity index (χ0n) is 10.2. The first-order valence-electron chi connectivity index (χ1n) is 5.48. The second-order valence-electron chi connectivity index (χ2n) is 4.14. The maximum absolute atomic E-state index is 11.8. The van der Waals surface area contributed by atoms with Gasteiger partial charge in [0.1, 0.15) is 0 Å². The Morgan fingerprint density at radius 1 is 1.31 bits per heavy atom. The van der Waals surface area contributed by atoms with Crippen LogP contribution in [0.2, 0.25) is 0 Å². The molecule has 1 rings (SSSR count). The second kappa shape index (κ2) is 5.48. The lowest BCUT2D eigenvalue weighted by atomic mass is 10.0. The third-order valence-corrected chi connectivity index (χ3v) is 3.63. The summed E-state index contributed by atoms with van der Waals surface area (Å²) in [7, 11) is 0. The Hall–Kier alpha value is -0.830. The number of hydrogen-bond acceptors (Lipinski definition) is 1. The number of alkyl halides is 1. The number of carbonyl (C=O) groups is 1. The van der Waals surface area contributed by atoms with Gasteiger partial charge in [0.05, 0.1) is 4.83 Å². The number of carbonyl (C=O) groups excluding carboxylic acids is 1. The number of anilines is 1. The molecule has 0 radical (unpaired) electrons. The molecular formula is C13H18BrNO. The predicted molar refractivity (Wildman–Crippen MR) is 72.3 cm³/mol. The number of rotatable bonds is 3. The molecule has 16 heavy (non-hydrogen) atoms. The molecule has 1 aromatic rings. The highest BCUT2D eigenvalue weighted by molar-refractivity contribution is 9.10. The summed E-state index contributed by atoms with van der Waals surface area (Å²) in [4.78, 5) is 11.7. The van der Waals surface area contributed by atoms with Crippen molar-refractivity contribution >= 4 is 27.5 Å². The van der Waals surface area contributed by atoms with E-state index in [0.717, 1.165) is 23.2 Å². The third kappa shape index (κ3) is 3.08. The average Bonchev–Trinajstić information content (AvgIpc) is 2.21. The van der Waals surface area contributed by atoms with Crippen molar-refractivity contribution in [3.05, 3.63) is 28.8 Å². The molecule has 1 amide bonds. The molecule has 1 atom stereocenters. The second-order valence-corrected chi connectivity index (χ2v) is 5.24. The van der Waals surface area contributed by atoms with Crippen LogP contribution < -0.4 is 5.32 Å². The summed E-state index contributed by atoms with van der Waals surface area (Å²) in [5.74, 6) is 0.0255. The van der Waals surface area contributed by atoms with Gasteiger partial charge in [0.25, 0.3) is 0 Å². The molecule has 88 valence electrons. The van der Waals surface area contributed by atoms with E-state index in [0.29, 0.717) is 0 Å². The molecule has 0 saturated carbocycles. The number of hydrogen-bond donors (Lipinski definition) is 1. The van der Waals surface area contributed by atoms with Crippen molar-refractivity contribution in [2.24, 2.45) is 0 Å². The molecule has 1 unspecified atom stereocenters. The highest BCUT2D eigenvalue weighted by Gasteiger charge is 2.14. The van der Waals surface area contributed by atoms with Crippen molar-refractivity contribution in [1.82, 2.24) is 0 Å². The minimum absolute atomic E-state index is 0.0255. The van der Waals surface area contributed by atoms with Gasteiger partial charge in [-0.3, -0.25) is 4.79 Å². The molecule has 0 aliphatic carbocycles. The van der Waals surface area contributed by atoms with Gasteiger partial charge in [-0.1, -0.05) is 40.5 Å². The minimum Gasteiger partial charge on any atom is -0.325 e. The molecule has 0 bridgehead atoms. The van der Waals surface area contributed by atoms with Crippen LogP contribution in [-0.4, -0.2) is 10.7 Å². The van der Waals surface area contributed by atoms with E-state index in [1.54, 1.807) is 0 Å². The van der Waals surface area contributed by atoms with Crippen LogP contribution in [-0.2, 0) is 4.79 Å². The van der Waals surface area contributed by atoms with Crippen molar-refractivity contribution in [3.8, 4) is 0 Å².